The molecule has 0 aliphatic carbocycles. The zero-order valence-corrected chi connectivity index (χ0v) is 16.5. The molecule has 0 saturated carbocycles. The van der Waals surface area contributed by atoms with Crippen LogP contribution in [-0.2, 0) is 25.5 Å². The number of carbonyl (C=O) groups is 3. The third kappa shape index (κ3) is 3.97. The summed E-state index contributed by atoms with van der Waals surface area (Å²) in [6.07, 6.45) is 0.163. The molecule has 2 N–H and O–H groups in total. The lowest BCUT2D eigenvalue weighted by Crippen LogP contribution is -2.28. The number of aromatic amines is 1. The molecule has 1 atom stereocenters. The molecule has 1 aliphatic heterocycles. The fraction of sp³-hybridized carbons (Fsp3) is 0.316. The first-order valence-corrected chi connectivity index (χ1v) is 10.1. The zero-order chi connectivity index (χ0) is 20.4. The van der Waals surface area contributed by atoms with E-state index in [1.165, 1.54) is 16.2 Å². The lowest BCUT2D eigenvalue weighted by molar-refractivity contribution is -0.142. The summed E-state index contributed by atoms with van der Waals surface area (Å²) < 4.78 is 4.89. The van der Waals surface area contributed by atoms with Crippen molar-refractivity contribution in [2.24, 2.45) is 5.92 Å². The standard InChI is InChI=1S/C19H19N5O4S/c1-2-28-16(26)8-12-10-29-19(20-12)21-18(27)11-7-15(25)24(9-11)17-13-5-3-4-6-14(13)22-23-17/h3-6,10-11H,2,7-9H2,1H3,(H,22,23)(H,20,21,27)/t11-/m1/s1. The van der Waals surface area contributed by atoms with Crippen LogP contribution in [0.25, 0.3) is 10.9 Å². The molecule has 3 aromatic rings. The highest BCUT2D eigenvalue weighted by atomic mass is 32.1. The zero-order valence-electron chi connectivity index (χ0n) is 15.7. The number of nitrogens with one attached hydrogen (secondary N) is 2. The Kier molecular flexibility index (Phi) is 5.26. The minimum Gasteiger partial charge on any atom is -0.466 e. The van der Waals surface area contributed by atoms with Crippen molar-refractivity contribution in [2.75, 3.05) is 23.4 Å². The van der Waals surface area contributed by atoms with E-state index in [9.17, 15) is 14.4 Å². The third-order valence-corrected chi connectivity index (χ3v) is 5.42. The molecule has 10 heteroatoms. The van der Waals surface area contributed by atoms with Gasteiger partial charge in [-0.05, 0) is 19.1 Å². The first-order valence-electron chi connectivity index (χ1n) is 9.19. The molecular formula is C19H19N5O4S. The Morgan fingerprint density at radius 1 is 1.38 bits per heavy atom. The second-order valence-electron chi connectivity index (χ2n) is 6.61. The van der Waals surface area contributed by atoms with Gasteiger partial charge >= 0.3 is 5.97 Å². The van der Waals surface area contributed by atoms with Gasteiger partial charge in [-0.2, -0.15) is 5.10 Å². The molecule has 2 amide bonds. The van der Waals surface area contributed by atoms with Gasteiger partial charge in [-0.25, -0.2) is 4.98 Å². The van der Waals surface area contributed by atoms with Crippen LogP contribution in [0, 0.1) is 5.92 Å². The molecule has 29 heavy (non-hydrogen) atoms. The first kappa shape index (κ1) is 19.1. The van der Waals surface area contributed by atoms with Crippen molar-refractivity contribution in [3.63, 3.8) is 0 Å². The van der Waals surface area contributed by atoms with Crippen LogP contribution in [0.1, 0.15) is 19.0 Å². The Hall–Kier alpha value is -3.27. The number of para-hydroxylation sites is 1. The number of hydrogen-bond donors (Lipinski definition) is 2. The van der Waals surface area contributed by atoms with E-state index in [1.807, 2.05) is 24.3 Å². The maximum absolute atomic E-state index is 12.6. The van der Waals surface area contributed by atoms with Crippen LogP contribution in [0.5, 0.6) is 0 Å². The van der Waals surface area contributed by atoms with Crippen LogP contribution in [-0.4, -0.2) is 46.1 Å². The van der Waals surface area contributed by atoms with Crippen molar-refractivity contribution in [1.29, 1.82) is 0 Å². The van der Waals surface area contributed by atoms with Crippen molar-refractivity contribution >= 4 is 51.0 Å². The van der Waals surface area contributed by atoms with Gasteiger partial charge in [0, 0.05) is 23.7 Å². The van der Waals surface area contributed by atoms with Crippen LogP contribution in [0.3, 0.4) is 0 Å². The molecule has 1 saturated heterocycles. The quantitative estimate of drug-likeness (QED) is 0.598. The van der Waals surface area contributed by atoms with Gasteiger partial charge in [0.2, 0.25) is 11.8 Å². The maximum atomic E-state index is 12.6. The van der Waals surface area contributed by atoms with Gasteiger partial charge in [-0.1, -0.05) is 12.1 Å². The summed E-state index contributed by atoms with van der Waals surface area (Å²) in [6, 6.07) is 7.53. The number of ether oxygens (including phenoxy) is 1. The number of anilines is 2. The summed E-state index contributed by atoms with van der Waals surface area (Å²) in [5.74, 6) is -0.761. The van der Waals surface area contributed by atoms with E-state index in [0.717, 1.165) is 10.9 Å². The number of hydrogen-bond acceptors (Lipinski definition) is 7. The first-order chi connectivity index (χ1) is 14.0. The largest absolute Gasteiger partial charge is 0.466 e. The summed E-state index contributed by atoms with van der Waals surface area (Å²) in [5, 5.41) is 12.8. The van der Waals surface area contributed by atoms with E-state index in [2.05, 4.69) is 20.5 Å². The van der Waals surface area contributed by atoms with Gasteiger partial charge in [0.15, 0.2) is 10.9 Å². The smallest absolute Gasteiger partial charge is 0.311 e. The van der Waals surface area contributed by atoms with Crippen LogP contribution >= 0.6 is 11.3 Å². The van der Waals surface area contributed by atoms with E-state index in [4.69, 9.17) is 4.74 Å². The molecule has 4 rings (SSSR count). The number of esters is 1. The lowest BCUT2D eigenvalue weighted by Gasteiger charge is -2.13. The molecule has 2 aromatic heterocycles. The topological polar surface area (TPSA) is 117 Å². The molecule has 1 aromatic carbocycles. The van der Waals surface area contributed by atoms with E-state index in [0.29, 0.717) is 23.3 Å². The molecule has 0 unspecified atom stereocenters. The molecule has 0 radical (unpaired) electrons. The molecule has 0 bridgehead atoms. The third-order valence-electron chi connectivity index (χ3n) is 4.61. The van der Waals surface area contributed by atoms with Crippen molar-refractivity contribution in [3.8, 4) is 0 Å². The summed E-state index contributed by atoms with van der Waals surface area (Å²) in [4.78, 5) is 42.4. The van der Waals surface area contributed by atoms with E-state index < -0.39 is 5.92 Å². The lowest BCUT2D eigenvalue weighted by atomic mass is 10.1. The van der Waals surface area contributed by atoms with Crippen LogP contribution < -0.4 is 10.2 Å². The van der Waals surface area contributed by atoms with Crippen molar-refractivity contribution in [1.82, 2.24) is 15.2 Å². The van der Waals surface area contributed by atoms with E-state index in [1.54, 1.807) is 12.3 Å². The highest BCUT2D eigenvalue weighted by molar-refractivity contribution is 7.13. The minimum atomic E-state index is -0.504. The normalized spacial score (nSPS) is 16.4. The Morgan fingerprint density at radius 2 is 2.21 bits per heavy atom. The number of thiazole rings is 1. The molecular weight excluding hydrogens is 394 g/mol. The van der Waals surface area contributed by atoms with Gasteiger partial charge < -0.3 is 10.1 Å². The second-order valence-corrected chi connectivity index (χ2v) is 7.47. The number of aromatic nitrogens is 3. The highest BCUT2D eigenvalue weighted by Crippen LogP contribution is 2.30. The molecule has 150 valence electrons. The van der Waals surface area contributed by atoms with Gasteiger partial charge in [0.1, 0.15) is 0 Å². The second kappa shape index (κ2) is 8.00. The molecule has 1 fully saturated rings. The predicted molar refractivity (Wildman–Crippen MR) is 108 cm³/mol. The van der Waals surface area contributed by atoms with Gasteiger partial charge in [-0.3, -0.25) is 24.4 Å². The summed E-state index contributed by atoms with van der Waals surface area (Å²) in [5.41, 5.74) is 1.37. The van der Waals surface area contributed by atoms with Crippen LogP contribution in [0.15, 0.2) is 29.6 Å². The molecule has 0 spiro atoms. The van der Waals surface area contributed by atoms with Crippen LogP contribution in [0.4, 0.5) is 10.9 Å². The highest BCUT2D eigenvalue weighted by Gasteiger charge is 2.37. The molecule has 1 aliphatic rings. The Balaban J connectivity index is 1.41. The van der Waals surface area contributed by atoms with Gasteiger partial charge in [0.05, 0.1) is 30.2 Å². The average Bonchev–Trinajstić information content (AvgIpc) is 3.40. The summed E-state index contributed by atoms with van der Waals surface area (Å²) in [6.45, 7) is 2.30. The predicted octanol–water partition coefficient (Wildman–Crippen LogP) is 2.12. The Labute approximate surface area is 170 Å². The number of H-pyrrole nitrogens is 1. The number of amides is 2. The number of nitrogens with zero attached hydrogens (tertiary/aromatic N) is 3. The van der Waals surface area contributed by atoms with Gasteiger partial charge in [-0.15, -0.1) is 11.3 Å². The van der Waals surface area contributed by atoms with Crippen molar-refractivity contribution < 1.29 is 19.1 Å². The van der Waals surface area contributed by atoms with E-state index in [-0.39, 0.29) is 37.2 Å². The Morgan fingerprint density at radius 3 is 3.03 bits per heavy atom. The molecule has 3 heterocycles. The summed E-state index contributed by atoms with van der Waals surface area (Å²) >= 11 is 1.23. The minimum absolute atomic E-state index is 0.0577. The fourth-order valence-electron chi connectivity index (χ4n) is 3.26. The number of benzene rings is 1. The van der Waals surface area contributed by atoms with Crippen LogP contribution in [0.2, 0.25) is 0 Å². The average molecular weight is 413 g/mol. The van der Waals surface area contributed by atoms with Crippen molar-refractivity contribution in [2.45, 2.75) is 19.8 Å². The fourth-order valence-corrected chi connectivity index (χ4v) is 3.97. The van der Waals surface area contributed by atoms with Crippen molar-refractivity contribution in [3.05, 3.63) is 35.3 Å². The Bertz CT molecular complexity index is 1080. The number of carbonyl (C=O) groups excluding carboxylic acids is 3. The van der Waals surface area contributed by atoms with E-state index >= 15 is 0 Å². The SMILES string of the molecule is CCOC(=O)Cc1csc(NC(=O)[C@@H]2CC(=O)N(c3n[nH]c4ccccc34)C2)n1. The molecule has 9 nitrogen and oxygen atoms in total. The number of fused-ring (bicyclic) bond motifs is 1. The van der Waals surface area contributed by atoms with Gasteiger partial charge in [0.25, 0.3) is 0 Å². The number of rotatable bonds is 6. The summed E-state index contributed by atoms with van der Waals surface area (Å²) in [7, 11) is 0. The monoisotopic (exact) mass is 413 g/mol. The maximum Gasteiger partial charge on any atom is 0.311 e.